The first-order valence-corrected chi connectivity index (χ1v) is 6.40. The third-order valence-electron chi connectivity index (χ3n) is 3.55. The first-order chi connectivity index (χ1) is 8.66. The quantitative estimate of drug-likeness (QED) is 0.815. The summed E-state index contributed by atoms with van der Waals surface area (Å²) in [6.07, 6.45) is 7.45. The summed E-state index contributed by atoms with van der Waals surface area (Å²) in [5.74, 6) is -0.112. The van der Waals surface area contributed by atoms with Gasteiger partial charge in [-0.25, -0.2) is 0 Å². The van der Waals surface area contributed by atoms with Crippen molar-refractivity contribution < 1.29 is 9.53 Å². The Hall–Kier alpha value is -1.40. The average molecular weight is 250 g/mol. The number of amides is 1. The smallest absolute Gasteiger partial charge is 0.244 e. The molecule has 6 nitrogen and oxygen atoms in total. The number of hydrogen-bond donors (Lipinski definition) is 2. The second-order valence-electron chi connectivity index (χ2n) is 5.20. The fourth-order valence-corrected chi connectivity index (χ4v) is 2.14. The lowest BCUT2D eigenvalue weighted by atomic mass is 10.2. The van der Waals surface area contributed by atoms with Crippen molar-refractivity contribution in [1.82, 2.24) is 9.78 Å². The fourth-order valence-electron chi connectivity index (χ4n) is 2.14. The molecule has 1 unspecified atom stereocenters. The van der Waals surface area contributed by atoms with E-state index in [0.29, 0.717) is 5.69 Å². The molecule has 1 aromatic rings. The summed E-state index contributed by atoms with van der Waals surface area (Å²) in [6.45, 7) is 1.58. The Balaban J connectivity index is 1.57. The van der Waals surface area contributed by atoms with Gasteiger partial charge in [0.05, 0.1) is 30.1 Å². The van der Waals surface area contributed by atoms with Gasteiger partial charge in [0.15, 0.2) is 0 Å². The van der Waals surface area contributed by atoms with Crippen LogP contribution < -0.4 is 11.1 Å². The molecule has 1 atom stereocenters. The minimum absolute atomic E-state index is 0.112. The van der Waals surface area contributed by atoms with E-state index in [0.717, 1.165) is 38.8 Å². The van der Waals surface area contributed by atoms with Gasteiger partial charge in [-0.15, -0.1) is 0 Å². The molecule has 1 amide bonds. The fraction of sp³-hybridized carbons (Fsp3) is 0.667. The minimum Gasteiger partial charge on any atom is -0.376 e. The molecular formula is C12H18N4O2. The van der Waals surface area contributed by atoms with E-state index < -0.39 is 5.54 Å². The molecule has 2 fully saturated rings. The van der Waals surface area contributed by atoms with E-state index >= 15 is 0 Å². The summed E-state index contributed by atoms with van der Waals surface area (Å²) in [5, 5.41) is 7.02. The molecule has 3 rings (SSSR count). The molecule has 2 aliphatic rings. The molecule has 1 aliphatic carbocycles. The molecule has 1 saturated heterocycles. The largest absolute Gasteiger partial charge is 0.376 e. The van der Waals surface area contributed by atoms with Crippen LogP contribution in [0.2, 0.25) is 0 Å². The van der Waals surface area contributed by atoms with Crippen LogP contribution in [0, 0.1) is 0 Å². The molecule has 1 aromatic heterocycles. The van der Waals surface area contributed by atoms with E-state index in [1.165, 1.54) is 0 Å². The number of anilines is 1. The minimum atomic E-state index is -0.642. The van der Waals surface area contributed by atoms with E-state index in [2.05, 4.69) is 10.4 Å². The van der Waals surface area contributed by atoms with Gasteiger partial charge in [0.1, 0.15) is 0 Å². The highest BCUT2D eigenvalue weighted by Crippen LogP contribution is 2.33. The van der Waals surface area contributed by atoms with Crippen molar-refractivity contribution in [1.29, 1.82) is 0 Å². The highest BCUT2D eigenvalue weighted by Gasteiger charge is 2.46. The number of nitrogens with zero attached hydrogens (tertiary/aromatic N) is 2. The lowest BCUT2D eigenvalue weighted by Crippen LogP contribution is -2.37. The van der Waals surface area contributed by atoms with E-state index in [-0.39, 0.29) is 12.0 Å². The van der Waals surface area contributed by atoms with E-state index in [9.17, 15) is 4.79 Å². The number of carbonyl (C=O) groups excluding carboxylic acids is 1. The maximum Gasteiger partial charge on any atom is 0.244 e. The number of carbonyl (C=O) groups is 1. The molecule has 0 spiro atoms. The van der Waals surface area contributed by atoms with Gasteiger partial charge in [-0.3, -0.25) is 9.48 Å². The standard InChI is InChI=1S/C12H18N4O2/c13-12(3-4-12)11(17)15-9-6-14-16(7-9)8-10-2-1-5-18-10/h6-7,10H,1-5,8,13H2,(H,15,17). The van der Waals surface area contributed by atoms with Crippen LogP contribution >= 0.6 is 0 Å². The van der Waals surface area contributed by atoms with E-state index in [4.69, 9.17) is 10.5 Å². The average Bonchev–Trinajstić information content (AvgIpc) is 2.80. The van der Waals surface area contributed by atoms with Crippen LogP contribution in [0.25, 0.3) is 0 Å². The number of ether oxygens (including phenoxy) is 1. The zero-order valence-electron chi connectivity index (χ0n) is 10.3. The molecule has 2 heterocycles. The highest BCUT2D eigenvalue weighted by molar-refractivity contribution is 5.99. The summed E-state index contributed by atoms with van der Waals surface area (Å²) in [7, 11) is 0. The first kappa shape index (κ1) is 11.7. The Morgan fingerprint density at radius 3 is 3.17 bits per heavy atom. The Kier molecular flexibility index (Phi) is 2.83. The van der Waals surface area contributed by atoms with Crippen LogP contribution in [0.1, 0.15) is 25.7 Å². The monoisotopic (exact) mass is 250 g/mol. The molecule has 98 valence electrons. The summed E-state index contributed by atoms with van der Waals surface area (Å²) in [4.78, 5) is 11.8. The van der Waals surface area contributed by atoms with Gasteiger partial charge in [-0.05, 0) is 25.7 Å². The third-order valence-corrected chi connectivity index (χ3v) is 3.55. The van der Waals surface area contributed by atoms with Crippen LogP contribution in [0.4, 0.5) is 5.69 Å². The van der Waals surface area contributed by atoms with Crippen LogP contribution in [-0.4, -0.2) is 33.9 Å². The van der Waals surface area contributed by atoms with Crippen molar-refractivity contribution in [2.45, 2.75) is 43.9 Å². The zero-order chi connectivity index (χ0) is 12.6. The predicted octanol–water partition coefficient (Wildman–Crippen LogP) is 0.492. The number of aromatic nitrogens is 2. The Bertz CT molecular complexity index is 447. The van der Waals surface area contributed by atoms with Gasteiger partial charge in [0.25, 0.3) is 0 Å². The Morgan fingerprint density at radius 2 is 2.50 bits per heavy atom. The normalized spacial score (nSPS) is 25.1. The molecule has 1 saturated carbocycles. The lowest BCUT2D eigenvalue weighted by Gasteiger charge is -2.09. The van der Waals surface area contributed by atoms with Crippen LogP contribution in [0.5, 0.6) is 0 Å². The molecule has 0 radical (unpaired) electrons. The summed E-state index contributed by atoms with van der Waals surface area (Å²) >= 11 is 0. The Morgan fingerprint density at radius 1 is 1.67 bits per heavy atom. The maximum atomic E-state index is 11.8. The van der Waals surface area contributed by atoms with Gasteiger partial charge in [0.2, 0.25) is 5.91 Å². The molecule has 0 bridgehead atoms. The number of nitrogens with two attached hydrogens (primary N) is 1. The van der Waals surface area contributed by atoms with Gasteiger partial charge in [0, 0.05) is 12.8 Å². The van der Waals surface area contributed by atoms with Crippen molar-refractivity contribution in [2.24, 2.45) is 5.73 Å². The lowest BCUT2D eigenvalue weighted by molar-refractivity contribution is -0.118. The van der Waals surface area contributed by atoms with Gasteiger partial charge in [-0.2, -0.15) is 5.10 Å². The Labute approximate surface area is 105 Å². The van der Waals surface area contributed by atoms with Crippen molar-refractivity contribution in [2.75, 3.05) is 11.9 Å². The number of rotatable bonds is 4. The van der Waals surface area contributed by atoms with Gasteiger partial charge in [-0.1, -0.05) is 0 Å². The van der Waals surface area contributed by atoms with Crippen LogP contribution in [0.3, 0.4) is 0 Å². The molecule has 3 N–H and O–H groups in total. The van der Waals surface area contributed by atoms with Crippen molar-refractivity contribution in [3.05, 3.63) is 12.4 Å². The maximum absolute atomic E-state index is 11.8. The highest BCUT2D eigenvalue weighted by atomic mass is 16.5. The molecule has 18 heavy (non-hydrogen) atoms. The second-order valence-corrected chi connectivity index (χ2v) is 5.20. The van der Waals surface area contributed by atoms with Crippen molar-refractivity contribution >= 4 is 11.6 Å². The number of nitrogens with one attached hydrogen (secondary N) is 1. The SMILES string of the molecule is NC1(C(=O)Nc2cnn(CC3CCCO3)c2)CC1. The second kappa shape index (κ2) is 4.37. The number of hydrogen-bond acceptors (Lipinski definition) is 4. The molecule has 1 aliphatic heterocycles. The van der Waals surface area contributed by atoms with Crippen molar-refractivity contribution in [3.63, 3.8) is 0 Å². The zero-order valence-corrected chi connectivity index (χ0v) is 10.3. The summed E-state index contributed by atoms with van der Waals surface area (Å²) < 4.78 is 7.35. The van der Waals surface area contributed by atoms with Crippen LogP contribution in [-0.2, 0) is 16.1 Å². The predicted molar refractivity (Wildman–Crippen MR) is 66.0 cm³/mol. The van der Waals surface area contributed by atoms with Crippen LogP contribution in [0.15, 0.2) is 12.4 Å². The first-order valence-electron chi connectivity index (χ1n) is 6.40. The molecule has 6 heteroatoms. The molecule has 0 aromatic carbocycles. The third kappa shape index (κ3) is 2.39. The van der Waals surface area contributed by atoms with E-state index in [1.807, 2.05) is 10.9 Å². The topological polar surface area (TPSA) is 82.2 Å². The molecular weight excluding hydrogens is 232 g/mol. The summed E-state index contributed by atoms with van der Waals surface area (Å²) in [6, 6.07) is 0. The van der Waals surface area contributed by atoms with Crippen molar-refractivity contribution in [3.8, 4) is 0 Å². The van der Waals surface area contributed by atoms with Gasteiger partial charge >= 0.3 is 0 Å². The van der Waals surface area contributed by atoms with Gasteiger partial charge < -0.3 is 15.8 Å². The summed E-state index contributed by atoms with van der Waals surface area (Å²) in [5.41, 5.74) is 5.88. The van der Waals surface area contributed by atoms with E-state index in [1.54, 1.807) is 6.20 Å².